The molecule has 0 aliphatic heterocycles. The van der Waals surface area contributed by atoms with E-state index in [1.54, 1.807) is 12.1 Å². The van der Waals surface area contributed by atoms with E-state index in [1.165, 1.54) is 6.07 Å². The van der Waals surface area contributed by atoms with Crippen molar-refractivity contribution in [1.82, 2.24) is 4.90 Å². The minimum absolute atomic E-state index is 0.421. The van der Waals surface area contributed by atoms with E-state index in [1.807, 2.05) is 0 Å². The first kappa shape index (κ1) is 13.0. The van der Waals surface area contributed by atoms with Crippen LogP contribution < -0.4 is 0 Å². The molecule has 0 spiro atoms. The number of nitro benzene ring substituents is 1. The average molecular weight is 252 g/mol. The second-order valence-corrected chi connectivity index (χ2v) is 4.71. The van der Waals surface area contributed by atoms with Crippen molar-refractivity contribution in [3.63, 3.8) is 0 Å². The molecule has 1 fully saturated rings. The van der Waals surface area contributed by atoms with Crippen LogP contribution in [0.3, 0.4) is 0 Å². The summed E-state index contributed by atoms with van der Waals surface area (Å²) >= 11 is 0. The Morgan fingerprint density at radius 2 is 2.22 bits per heavy atom. The number of benzene rings is 1. The summed E-state index contributed by atoms with van der Waals surface area (Å²) in [5, 5.41) is 10.7. The van der Waals surface area contributed by atoms with Gasteiger partial charge >= 0.3 is 5.69 Å². The van der Waals surface area contributed by atoms with Gasteiger partial charge in [-0.05, 0) is 25.8 Å². The zero-order valence-electron chi connectivity index (χ0n) is 10.4. The highest BCUT2D eigenvalue weighted by molar-refractivity contribution is 5.36. The SMILES string of the molecule is CCCN(Cc1cccc([N+](=O)[O-])c1F)C1CC1. The maximum atomic E-state index is 13.9. The molecule has 0 N–H and O–H groups in total. The van der Waals surface area contributed by atoms with E-state index in [2.05, 4.69) is 11.8 Å². The van der Waals surface area contributed by atoms with Crippen molar-refractivity contribution in [3.8, 4) is 0 Å². The Bertz CT molecular complexity index is 447. The Labute approximate surface area is 106 Å². The van der Waals surface area contributed by atoms with Crippen molar-refractivity contribution in [1.29, 1.82) is 0 Å². The molecule has 5 heteroatoms. The topological polar surface area (TPSA) is 46.4 Å². The van der Waals surface area contributed by atoms with Gasteiger partial charge in [0.2, 0.25) is 5.82 Å². The Morgan fingerprint density at radius 1 is 1.50 bits per heavy atom. The second-order valence-electron chi connectivity index (χ2n) is 4.71. The van der Waals surface area contributed by atoms with Crippen molar-refractivity contribution in [3.05, 3.63) is 39.7 Å². The molecule has 0 atom stereocenters. The van der Waals surface area contributed by atoms with Gasteiger partial charge in [0.05, 0.1) is 4.92 Å². The molecule has 18 heavy (non-hydrogen) atoms. The number of rotatable bonds is 6. The zero-order chi connectivity index (χ0) is 13.1. The molecule has 1 aromatic rings. The van der Waals surface area contributed by atoms with E-state index >= 15 is 0 Å². The van der Waals surface area contributed by atoms with Gasteiger partial charge in [-0.2, -0.15) is 4.39 Å². The van der Waals surface area contributed by atoms with Gasteiger partial charge in [0.15, 0.2) is 0 Å². The number of hydrogen-bond acceptors (Lipinski definition) is 3. The van der Waals surface area contributed by atoms with Crippen molar-refractivity contribution in [2.45, 2.75) is 38.8 Å². The fourth-order valence-electron chi connectivity index (χ4n) is 2.17. The van der Waals surface area contributed by atoms with Crippen molar-refractivity contribution in [2.75, 3.05) is 6.54 Å². The minimum Gasteiger partial charge on any atom is -0.296 e. The van der Waals surface area contributed by atoms with Crippen LogP contribution in [0, 0.1) is 15.9 Å². The fourth-order valence-corrected chi connectivity index (χ4v) is 2.17. The van der Waals surface area contributed by atoms with Crippen LogP contribution in [0.4, 0.5) is 10.1 Å². The standard InChI is InChI=1S/C13H17FN2O2/c1-2-8-15(11-6-7-11)9-10-4-3-5-12(13(10)14)16(17)18/h3-5,11H,2,6-9H2,1H3. The number of hydrogen-bond donors (Lipinski definition) is 0. The van der Waals surface area contributed by atoms with Crippen LogP contribution in [-0.4, -0.2) is 22.4 Å². The third kappa shape index (κ3) is 2.85. The third-order valence-corrected chi connectivity index (χ3v) is 3.20. The highest BCUT2D eigenvalue weighted by Gasteiger charge is 2.29. The average Bonchev–Trinajstić information content (AvgIpc) is 3.14. The first-order chi connectivity index (χ1) is 8.63. The van der Waals surface area contributed by atoms with Crippen molar-refractivity contribution >= 4 is 5.69 Å². The van der Waals surface area contributed by atoms with Crippen LogP contribution >= 0.6 is 0 Å². The summed E-state index contributed by atoms with van der Waals surface area (Å²) in [6, 6.07) is 4.92. The minimum atomic E-state index is -0.691. The molecule has 0 bridgehead atoms. The van der Waals surface area contributed by atoms with E-state index in [0.717, 1.165) is 25.8 Å². The van der Waals surface area contributed by atoms with Crippen molar-refractivity contribution in [2.24, 2.45) is 0 Å². The smallest absolute Gasteiger partial charge is 0.296 e. The fraction of sp³-hybridized carbons (Fsp3) is 0.538. The third-order valence-electron chi connectivity index (χ3n) is 3.20. The summed E-state index contributed by atoms with van der Waals surface area (Å²) in [6.45, 7) is 3.46. The van der Waals surface area contributed by atoms with E-state index < -0.39 is 16.4 Å². The summed E-state index contributed by atoms with van der Waals surface area (Å²) < 4.78 is 13.9. The van der Waals surface area contributed by atoms with Crippen LogP contribution in [0.25, 0.3) is 0 Å². The van der Waals surface area contributed by atoms with Gasteiger partial charge in [-0.15, -0.1) is 0 Å². The molecule has 0 aromatic heterocycles. The maximum absolute atomic E-state index is 13.9. The van der Waals surface area contributed by atoms with Gasteiger partial charge in [-0.1, -0.05) is 19.1 Å². The van der Waals surface area contributed by atoms with E-state index in [-0.39, 0.29) is 0 Å². The molecule has 0 amide bonds. The molecule has 1 aliphatic rings. The highest BCUT2D eigenvalue weighted by atomic mass is 19.1. The maximum Gasteiger partial charge on any atom is 0.305 e. The predicted molar refractivity (Wildman–Crippen MR) is 66.8 cm³/mol. The Balaban J connectivity index is 2.17. The summed E-state index contributed by atoms with van der Waals surface area (Å²) in [7, 11) is 0. The van der Waals surface area contributed by atoms with Gasteiger partial charge in [0.1, 0.15) is 0 Å². The number of halogens is 1. The lowest BCUT2D eigenvalue weighted by Gasteiger charge is -2.21. The van der Waals surface area contributed by atoms with Crippen LogP contribution in [-0.2, 0) is 6.54 Å². The molecular weight excluding hydrogens is 235 g/mol. The Hall–Kier alpha value is -1.49. The van der Waals surface area contributed by atoms with Crippen LogP contribution in [0.5, 0.6) is 0 Å². The van der Waals surface area contributed by atoms with Crippen LogP contribution in [0.15, 0.2) is 18.2 Å². The molecule has 0 unspecified atom stereocenters. The molecule has 1 saturated carbocycles. The highest BCUT2D eigenvalue weighted by Crippen LogP contribution is 2.30. The predicted octanol–water partition coefficient (Wildman–Crippen LogP) is 3.11. The molecule has 0 saturated heterocycles. The second kappa shape index (κ2) is 5.44. The Morgan fingerprint density at radius 3 is 2.78 bits per heavy atom. The number of nitro groups is 1. The number of nitrogens with zero attached hydrogens (tertiary/aromatic N) is 2. The molecule has 1 aromatic carbocycles. The summed E-state index contributed by atoms with van der Waals surface area (Å²) in [4.78, 5) is 12.2. The molecule has 1 aliphatic carbocycles. The van der Waals surface area contributed by atoms with E-state index in [4.69, 9.17) is 0 Å². The monoisotopic (exact) mass is 252 g/mol. The lowest BCUT2D eigenvalue weighted by Crippen LogP contribution is -2.26. The van der Waals surface area contributed by atoms with E-state index in [0.29, 0.717) is 18.2 Å². The normalized spacial score (nSPS) is 15.1. The molecule has 4 nitrogen and oxygen atoms in total. The Kier molecular flexibility index (Phi) is 3.91. The summed E-state index contributed by atoms with van der Waals surface area (Å²) in [6.07, 6.45) is 3.31. The largest absolute Gasteiger partial charge is 0.305 e. The van der Waals surface area contributed by atoms with Gasteiger partial charge in [0, 0.05) is 24.2 Å². The lowest BCUT2D eigenvalue weighted by atomic mass is 10.1. The van der Waals surface area contributed by atoms with E-state index in [9.17, 15) is 14.5 Å². The molecule has 0 radical (unpaired) electrons. The molecule has 2 rings (SSSR count). The zero-order valence-corrected chi connectivity index (χ0v) is 10.4. The first-order valence-electron chi connectivity index (χ1n) is 6.29. The van der Waals surface area contributed by atoms with Gasteiger partial charge in [0.25, 0.3) is 0 Å². The van der Waals surface area contributed by atoms with Gasteiger partial charge in [-0.3, -0.25) is 15.0 Å². The first-order valence-corrected chi connectivity index (χ1v) is 6.29. The lowest BCUT2D eigenvalue weighted by molar-refractivity contribution is -0.387. The summed E-state index contributed by atoms with van der Waals surface area (Å²) in [5.41, 5.74) is -0.00991. The molecule has 0 heterocycles. The summed E-state index contributed by atoms with van der Waals surface area (Å²) in [5.74, 6) is -0.691. The molecular formula is C13H17FN2O2. The van der Waals surface area contributed by atoms with Crippen LogP contribution in [0.1, 0.15) is 31.7 Å². The van der Waals surface area contributed by atoms with Crippen LogP contribution in [0.2, 0.25) is 0 Å². The molecule has 98 valence electrons. The van der Waals surface area contributed by atoms with Crippen molar-refractivity contribution < 1.29 is 9.31 Å². The van der Waals surface area contributed by atoms with Gasteiger partial charge in [-0.25, -0.2) is 0 Å². The van der Waals surface area contributed by atoms with Gasteiger partial charge < -0.3 is 0 Å². The quantitative estimate of drug-likeness (QED) is 0.577.